The summed E-state index contributed by atoms with van der Waals surface area (Å²) < 4.78 is 23.2. The zero-order chi connectivity index (χ0) is 10.8. The summed E-state index contributed by atoms with van der Waals surface area (Å²) in [7, 11) is 1.39. The monoisotopic (exact) mass is 272 g/mol. The molecule has 0 saturated carbocycles. The van der Waals surface area contributed by atoms with Crippen LogP contribution in [0, 0.1) is 5.82 Å². The highest BCUT2D eigenvalue weighted by atomic mass is 79.9. The summed E-state index contributed by atoms with van der Waals surface area (Å²) in [5.41, 5.74) is 0.603. The largest absolute Gasteiger partial charge is 0.494 e. The number of hydrogen-bond donors (Lipinski definition) is 0. The SMILES string of the molecule is COc1cc(-c2nc(Br)no2)ccc1F. The van der Waals surface area contributed by atoms with Gasteiger partial charge in [-0.25, -0.2) is 4.39 Å². The molecular weight excluding hydrogens is 267 g/mol. The van der Waals surface area contributed by atoms with Gasteiger partial charge in [-0.15, -0.1) is 0 Å². The Bertz CT molecular complexity index is 487. The highest BCUT2D eigenvalue weighted by molar-refractivity contribution is 9.10. The first-order valence-electron chi connectivity index (χ1n) is 4.04. The van der Waals surface area contributed by atoms with Crippen molar-refractivity contribution in [1.29, 1.82) is 0 Å². The maximum Gasteiger partial charge on any atom is 0.258 e. The highest BCUT2D eigenvalue weighted by Crippen LogP contribution is 2.25. The summed E-state index contributed by atoms with van der Waals surface area (Å²) in [4.78, 5) is 3.95. The number of methoxy groups -OCH3 is 1. The average Bonchev–Trinajstić information content (AvgIpc) is 2.66. The van der Waals surface area contributed by atoms with Crippen LogP contribution in [0.2, 0.25) is 0 Å². The van der Waals surface area contributed by atoms with E-state index in [4.69, 9.17) is 9.26 Å². The van der Waals surface area contributed by atoms with E-state index in [1.165, 1.54) is 25.3 Å². The molecule has 0 atom stereocenters. The van der Waals surface area contributed by atoms with Crippen molar-refractivity contribution >= 4 is 15.9 Å². The van der Waals surface area contributed by atoms with E-state index in [1.54, 1.807) is 0 Å². The van der Waals surface area contributed by atoms with Crippen LogP contribution in [0.4, 0.5) is 4.39 Å². The van der Waals surface area contributed by atoms with Gasteiger partial charge in [-0.3, -0.25) is 0 Å². The van der Waals surface area contributed by atoms with Crippen molar-refractivity contribution in [2.75, 3.05) is 7.11 Å². The molecule has 1 aromatic heterocycles. The van der Waals surface area contributed by atoms with E-state index in [1.807, 2.05) is 0 Å². The second kappa shape index (κ2) is 3.98. The first-order chi connectivity index (χ1) is 7.20. The maximum absolute atomic E-state index is 13.1. The van der Waals surface area contributed by atoms with Gasteiger partial charge in [0.05, 0.1) is 7.11 Å². The zero-order valence-electron chi connectivity index (χ0n) is 7.70. The van der Waals surface area contributed by atoms with Gasteiger partial charge in [-0.1, -0.05) is 0 Å². The van der Waals surface area contributed by atoms with Crippen molar-refractivity contribution in [3.05, 3.63) is 28.7 Å². The van der Waals surface area contributed by atoms with Gasteiger partial charge in [0.25, 0.3) is 5.89 Å². The second-order valence-electron chi connectivity index (χ2n) is 2.72. The number of ether oxygens (including phenoxy) is 1. The minimum absolute atomic E-state index is 0.141. The van der Waals surface area contributed by atoms with Crippen LogP contribution >= 0.6 is 15.9 Å². The summed E-state index contributed by atoms with van der Waals surface area (Å²) in [5.74, 6) is 0.0156. The van der Waals surface area contributed by atoms with Crippen LogP contribution in [0.1, 0.15) is 0 Å². The maximum atomic E-state index is 13.1. The van der Waals surface area contributed by atoms with Gasteiger partial charge >= 0.3 is 0 Å². The number of aromatic nitrogens is 2. The Morgan fingerprint density at radius 2 is 2.27 bits per heavy atom. The standard InChI is InChI=1S/C9H6BrFN2O2/c1-14-7-4-5(2-3-6(7)11)8-12-9(10)13-15-8/h2-4H,1H3. The summed E-state index contributed by atoms with van der Waals surface area (Å²) in [5, 5.41) is 3.57. The molecule has 0 N–H and O–H groups in total. The summed E-state index contributed by atoms with van der Waals surface area (Å²) in [6.07, 6.45) is 0. The third-order valence-corrected chi connectivity index (χ3v) is 2.12. The van der Waals surface area contributed by atoms with Crippen molar-refractivity contribution in [3.63, 3.8) is 0 Å². The van der Waals surface area contributed by atoms with Gasteiger partial charge < -0.3 is 9.26 Å². The van der Waals surface area contributed by atoms with Crippen LogP contribution in [0.3, 0.4) is 0 Å². The van der Waals surface area contributed by atoms with Crippen molar-refractivity contribution in [3.8, 4) is 17.2 Å². The van der Waals surface area contributed by atoms with Crippen LogP contribution in [0.5, 0.6) is 5.75 Å². The van der Waals surface area contributed by atoms with Crippen molar-refractivity contribution in [2.24, 2.45) is 0 Å². The summed E-state index contributed by atoms with van der Waals surface area (Å²) in [6, 6.07) is 4.32. The first kappa shape index (κ1) is 10.1. The van der Waals surface area contributed by atoms with Crippen molar-refractivity contribution < 1.29 is 13.7 Å². The first-order valence-corrected chi connectivity index (χ1v) is 4.83. The van der Waals surface area contributed by atoms with Gasteiger partial charge in [0.15, 0.2) is 11.6 Å². The Balaban J connectivity index is 2.45. The predicted octanol–water partition coefficient (Wildman–Crippen LogP) is 2.65. The van der Waals surface area contributed by atoms with Gasteiger partial charge in [0.2, 0.25) is 4.73 Å². The van der Waals surface area contributed by atoms with Gasteiger partial charge in [0, 0.05) is 5.56 Å². The van der Waals surface area contributed by atoms with E-state index in [0.717, 1.165) is 0 Å². The number of benzene rings is 1. The second-order valence-corrected chi connectivity index (χ2v) is 3.43. The number of nitrogens with zero attached hydrogens (tertiary/aromatic N) is 2. The van der Waals surface area contributed by atoms with E-state index in [9.17, 15) is 4.39 Å². The topological polar surface area (TPSA) is 48.2 Å². The van der Waals surface area contributed by atoms with Gasteiger partial charge in [-0.05, 0) is 39.3 Å². The fraction of sp³-hybridized carbons (Fsp3) is 0.111. The summed E-state index contributed by atoms with van der Waals surface area (Å²) >= 11 is 3.06. The minimum atomic E-state index is -0.431. The smallest absolute Gasteiger partial charge is 0.258 e. The molecule has 0 bridgehead atoms. The van der Waals surface area contributed by atoms with E-state index in [0.29, 0.717) is 16.2 Å². The average molecular weight is 273 g/mol. The molecule has 1 aromatic carbocycles. The molecule has 4 nitrogen and oxygen atoms in total. The van der Waals surface area contributed by atoms with Crippen LogP contribution in [0.25, 0.3) is 11.5 Å². The van der Waals surface area contributed by atoms with Gasteiger partial charge in [0.1, 0.15) is 0 Å². The van der Waals surface area contributed by atoms with E-state index in [2.05, 4.69) is 26.1 Å². The summed E-state index contributed by atoms with van der Waals surface area (Å²) in [6.45, 7) is 0. The molecule has 0 amide bonds. The van der Waals surface area contributed by atoms with Crippen LogP contribution in [-0.2, 0) is 0 Å². The third-order valence-electron chi connectivity index (χ3n) is 1.80. The zero-order valence-corrected chi connectivity index (χ0v) is 9.28. The van der Waals surface area contributed by atoms with Crippen molar-refractivity contribution in [1.82, 2.24) is 10.1 Å². The molecule has 0 saturated heterocycles. The lowest BCUT2D eigenvalue weighted by Crippen LogP contribution is -1.88. The molecule has 2 rings (SSSR count). The Hall–Kier alpha value is -1.43. The molecule has 0 radical (unpaired) electrons. The van der Waals surface area contributed by atoms with Crippen LogP contribution in [-0.4, -0.2) is 17.3 Å². The predicted molar refractivity (Wildman–Crippen MR) is 53.9 cm³/mol. The van der Waals surface area contributed by atoms with Crippen molar-refractivity contribution in [2.45, 2.75) is 0 Å². The molecule has 1 heterocycles. The Morgan fingerprint density at radius 1 is 1.47 bits per heavy atom. The lowest BCUT2D eigenvalue weighted by molar-refractivity contribution is 0.386. The number of rotatable bonds is 2. The lowest BCUT2D eigenvalue weighted by Gasteiger charge is -2.01. The van der Waals surface area contributed by atoms with Crippen LogP contribution < -0.4 is 4.74 Å². The van der Waals surface area contributed by atoms with E-state index < -0.39 is 5.82 Å². The highest BCUT2D eigenvalue weighted by Gasteiger charge is 2.10. The Kier molecular flexibility index (Phi) is 2.68. The molecule has 0 aliphatic heterocycles. The molecule has 0 fully saturated rings. The number of halogens is 2. The fourth-order valence-corrected chi connectivity index (χ4v) is 1.35. The Labute approximate surface area is 93.2 Å². The molecular formula is C9H6BrFN2O2. The van der Waals surface area contributed by atoms with Crippen LogP contribution in [0.15, 0.2) is 27.5 Å². The molecule has 15 heavy (non-hydrogen) atoms. The minimum Gasteiger partial charge on any atom is -0.494 e. The molecule has 0 aliphatic carbocycles. The number of hydrogen-bond acceptors (Lipinski definition) is 4. The van der Waals surface area contributed by atoms with E-state index >= 15 is 0 Å². The fourth-order valence-electron chi connectivity index (χ4n) is 1.12. The lowest BCUT2D eigenvalue weighted by atomic mass is 10.2. The van der Waals surface area contributed by atoms with Gasteiger partial charge in [-0.2, -0.15) is 4.98 Å². The Morgan fingerprint density at radius 3 is 2.87 bits per heavy atom. The molecule has 0 aliphatic rings. The molecule has 0 spiro atoms. The molecule has 2 aromatic rings. The molecule has 78 valence electrons. The van der Waals surface area contributed by atoms with E-state index in [-0.39, 0.29) is 5.75 Å². The normalized spacial score (nSPS) is 10.3. The molecule has 6 heteroatoms. The molecule has 0 unspecified atom stereocenters. The quantitative estimate of drug-likeness (QED) is 0.843. The third kappa shape index (κ3) is 1.99.